The van der Waals surface area contributed by atoms with Crippen LogP contribution in [0.1, 0.15) is 35.6 Å². The molecule has 6 rings (SSSR count). The highest BCUT2D eigenvalue weighted by molar-refractivity contribution is 5.83. The van der Waals surface area contributed by atoms with Gasteiger partial charge in [-0.3, -0.25) is 4.98 Å². The predicted octanol–water partition coefficient (Wildman–Crippen LogP) is 1.76. The van der Waals surface area contributed by atoms with Crippen molar-refractivity contribution in [3.63, 3.8) is 0 Å². The van der Waals surface area contributed by atoms with Crippen molar-refractivity contribution in [1.29, 1.82) is 5.26 Å². The molecule has 3 aliphatic rings. The minimum atomic E-state index is -0.634. The third kappa shape index (κ3) is 4.13. The fourth-order valence-corrected chi connectivity index (χ4v) is 6.23. The van der Waals surface area contributed by atoms with E-state index in [4.69, 9.17) is 4.74 Å². The maximum absolute atomic E-state index is 11.9. The van der Waals surface area contributed by atoms with Crippen LogP contribution >= 0.6 is 0 Å². The van der Waals surface area contributed by atoms with Gasteiger partial charge in [0.1, 0.15) is 24.4 Å². The Kier molecular flexibility index (Phi) is 7.09. The molecule has 4 unspecified atom stereocenters. The summed E-state index contributed by atoms with van der Waals surface area (Å²) in [5.74, 6) is 1.73. The number of ether oxygens (including phenoxy) is 1. The molecule has 0 amide bonds. The number of fused-ring (bicyclic) bond motifs is 4. The molecule has 6 heteroatoms. The highest BCUT2D eigenvalue weighted by atomic mass is 79.9. The van der Waals surface area contributed by atoms with Crippen molar-refractivity contribution in [3.05, 3.63) is 84.1 Å². The molecule has 0 saturated carbocycles. The SMILES string of the molecule is C=CC1C[N+]2(Cc3ccccc3C#N)CCC1CC2[C@H](O)c1ccnc2ccc(OC)cc12.[Br-]. The molecule has 0 aliphatic carbocycles. The Hall–Kier alpha value is -2.72. The third-order valence-electron chi connectivity index (χ3n) is 7.96. The first-order valence-corrected chi connectivity index (χ1v) is 11.7. The van der Waals surface area contributed by atoms with Gasteiger partial charge in [0.15, 0.2) is 0 Å². The first kappa shape index (κ1) is 24.4. The number of hydrogen-bond donors (Lipinski definition) is 1. The smallest absolute Gasteiger partial charge is 0.131 e. The van der Waals surface area contributed by atoms with Gasteiger partial charge in [-0.15, -0.1) is 6.58 Å². The van der Waals surface area contributed by atoms with Crippen molar-refractivity contribution >= 4 is 10.9 Å². The molecule has 176 valence electrons. The van der Waals surface area contributed by atoms with Gasteiger partial charge in [-0.1, -0.05) is 24.3 Å². The maximum Gasteiger partial charge on any atom is 0.131 e. The van der Waals surface area contributed by atoms with E-state index in [2.05, 4.69) is 29.8 Å². The van der Waals surface area contributed by atoms with Gasteiger partial charge in [-0.25, -0.2) is 0 Å². The fourth-order valence-electron chi connectivity index (χ4n) is 6.23. The summed E-state index contributed by atoms with van der Waals surface area (Å²) in [7, 11) is 1.65. The lowest BCUT2D eigenvalue weighted by atomic mass is 9.71. The maximum atomic E-state index is 11.9. The Morgan fingerprint density at radius 2 is 2.12 bits per heavy atom. The molecular formula is C28H30BrN3O2. The van der Waals surface area contributed by atoms with Crippen LogP contribution in [-0.4, -0.2) is 40.8 Å². The molecule has 2 aromatic carbocycles. The van der Waals surface area contributed by atoms with E-state index in [0.29, 0.717) is 11.8 Å². The van der Waals surface area contributed by atoms with Crippen molar-refractivity contribution in [1.82, 2.24) is 4.98 Å². The molecule has 1 N–H and O–H groups in total. The molecule has 5 nitrogen and oxygen atoms in total. The number of rotatable bonds is 6. The number of aromatic nitrogens is 1. The lowest BCUT2D eigenvalue weighted by molar-refractivity contribution is -0.985. The van der Waals surface area contributed by atoms with Crippen LogP contribution in [0.2, 0.25) is 0 Å². The van der Waals surface area contributed by atoms with E-state index in [1.54, 1.807) is 13.3 Å². The Balaban J connectivity index is 0.00000274. The molecule has 0 radical (unpaired) electrons. The van der Waals surface area contributed by atoms with Gasteiger partial charge >= 0.3 is 0 Å². The number of nitrogens with zero attached hydrogens (tertiary/aromatic N) is 3. The molecule has 2 bridgehead atoms. The van der Waals surface area contributed by atoms with E-state index < -0.39 is 6.10 Å². The first-order valence-electron chi connectivity index (χ1n) is 11.7. The number of methoxy groups -OCH3 is 1. The van der Waals surface area contributed by atoms with Gasteiger partial charge in [-0.05, 0) is 41.8 Å². The predicted molar refractivity (Wildman–Crippen MR) is 128 cm³/mol. The fraction of sp³-hybridized carbons (Fsp3) is 0.357. The Morgan fingerprint density at radius 3 is 2.88 bits per heavy atom. The monoisotopic (exact) mass is 519 g/mol. The molecule has 1 aromatic heterocycles. The molecule has 3 saturated heterocycles. The molecule has 0 spiro atoms. The second-order valence-corrected chi connectivity index (χ2v) is 9.53. The van der Waals surface area contributed by atoms with Crippen LogP contribution < -0.4 is 21.7 Å². The summed E-state index contributed by atoms with van der Waals surface area (Å²) < 4.78 is 6.23. The van der Waals surface area contributed by atoms with Crippen molar-refractivity contribution in [2.75, 3.05) is 20.2 Å². The second kappa shape index (κ2) is 9.87. The number of nitriles is 1. The number of hydrogen-bond acceptors (Lipinski definition) is 4. The molecule has 3 aliphatic heterocycles. The van der Waals surface area contributed by atoms with Crippen LogP contribution in [0.3, 0.4) is 0 Å². The van der Waals surface area contributed by atoms with Crippen molar-refractivity contribution in [2.24, 2.45) is 11.8 Å². The molecular weight excluding hydrogens is 490 g/mol. The average molecular weight is 520 g/mol. The Bertz CT molecular complexity index is 1240. The summed E-state index contributed by atoms with van der Waals surface area (Å²) in [6.07, 6.45) is 5.32. The number of piperidine rings is 3. The van der Waals surface area contributed by atoms with Crippen LogP contribution in [0, 0.1) is 23.2 Å². The molecule has 4 heterocycles. The van der Waals surface area contributed by atoms with E-state index >= 15 is 0 Å². The van der Waals surface area contributed by atoms with Crippen LogP contribution in [0.4, 0.5) is 0 Å². The third-order valence-corrected chi connectivity index (χ3v) is 7.96. The topological polar surface area (TPSA) is 66.1 Å². The van der Waals surface area contributed by atoms with Crippen LogP contribution in [0.15, 0.2) is 67.4 Å². The van der Waals surface area contributed by atoms with Crippen LogP contribution in [-0.2, 0) is 6.54 Å². The number of aliphatic hydroxyl groups is 1. The Labute approximate surface area is 211 Å². The lowest BCUT2D eigenvalue weighted by Crippen LogP contribution is -3.00. The van der Waals surface area contributed by atoms with E-state index in [9.17, 15) is 10.4 Å². The zero-order valence-corrected chi connectivity index (χ0v) is 21.0. The quantitative estimate of drug-likeness (QED) is 0.398. The van der Waals surface area contributed by atoms with Gasteiger partial charge in [-0.2, -0.15) is 5.26 Å². The van der Waals surface area contributed by atoms with E-state index in [1.165, 1.54) is 0 Å². The van der Waals surface area contributed by atoms with Crippen molar-refractivity contribution < 1.29 is 31.3 Å². The summed E-state index contributed by atoms with van der Waals surface area (Å²) in [6, 6.07) is 18.0. The number of aliphatic hydroxyl groups excluding tert-OH is 1. The summed E-state index contributed by atoms with van der Waals surface area (Å²) >= 11 is 0. The van der Waals surface area contributed by atoms with Gasteiger partial charge in [0, 0.05) is 35.9 Å². The largest absolute Gasteiger partial charge is 1.00 e. The zero-order chi connectivity index (χ0) is 23.0. The molecule has 5 atom stereocenters. The number of halogens is 1. The summed E-state index contributed by atoms with van der Waals surface area (Å²) in [5.41, 5.74) is 3.54. The Morgan fingerprint density at radius 1 is 1.29 bits per heavy atom. The zero-order valence-electron chi connectivity index (χ0n) is 19.4. The van der Waals surface area contributed by atoms with E-state index in [-0.39, 0.29) is 23.0 Å². The highest BCUT2D eigenvalue weighted by Crippen LogP contribution is 2.48. The van der Waals surface area contributed by atoms with Crippen molar-refractivity contribution in [2.45, 2.75) is 31.5 Å². The normalized spacial score (nSPS) is 26.3. The molecule has 3 aromatic rings. The van der Waals surface area contributed by atoms with Crippen LogP contribution in [0.25, 0.3) is 10.9 Å². The van der Waals surface area contributed by atoms with E-state index in [0.717, 1.165) is 70.3 Å². The van der Waals surface area contributed by atoms with Gasteiger partial charge < -0.3 is 31.3 Å². The standard InChI is InChI=1S/C28H30N3O2.BrH/c1-3-19-17-31(18-22-7-5-4-6-21(22)16-29)13-11-20(19)14-27(31)28(32)24-10-12-30-26-9-8-23(33-2)15-25(24)26;/h3-10,12,15,19-20,27-28,32H,1,11,13-14,17-18H2,2H3;1H/q+1;/p-1/t19?,20?,27?,28-,31?;/m1./s1. The first-order chi connectivity index (χ1) is 16.1. The minimum Gasteiger partial charge on any atom is -1.00 e. The average Bonchev–Trinajstić information content (AvgIpc) is 2.87. The number of benzene rings is 2. The molecule has 3 fully saturated rings. The lowest BCUT2D eigenvalue weighted by Gasteiger charge is -2.58. The highest BCUT2D eigenvalue weighted by Gasteiger charge is 2.54. The summed E-state index contributed by atoms with van der Waals surface area (Å²) in [5, 5.41) is 22.5. The van der Waals surface area contributed by atoms with E-state index in [1.807, 2.05) is 42.5 Å². The minimum absolute atomic E-state index is 0. The number of pyridine rings is 1. The number of quaternary nitrogens is 1. The van der Waals surface area contributed by atoms with Gasteiger partial charge in [0.2, 0.25) is 0 Å². The summed E-state index contributed by atoms with van der Waals surface area (Å²) in [6.45, 7) is 6.81. The van der Waals surface area contributed by atoms with Crippen molar-refractivity contribution in [3.8, 4) is 11.8 Å². The second-order valence-electron chi connectivity index (χ2n) is 9.53. The summed E-state index contributed by atoms with van der Waals surface area (Å²) in [4.78, 5) is 4.50. The van der Waals surface area contributed by atoms with Gasteiger partial charge in [0.05, 0.1) is 37.3 Å². The van der Waals surface area contributed by atoms with Crippen LogP contribution in [0.5, 0.6) is 5.75 Å². The molecule has 34 heavy (non-hydrogen) atoms. The van der Waals surface area contributed by atoms with Gasteiger partial charge in [0.25, 0.3) is 0 Å².